The van der Waals surface area contributed by atoms with Gasteiger partial charge in [0.25, 0.3) is 11.5 Å². The van der Waals surface area contributed by atoms with E-state index in [0.29, 0.717) is 39.4 Å². The number of benzene rings is 4. The quantitative estimate of drug-likeness (QED) is 0.210. The average molecular weight is 641 g/mol. The molecule has 2 aromatic heterocycles. The van der Waals surface area contributed by atoms with Gasteiger partial charge in [-0.3, -0.25) is 14.2 Å². The predicted molar refractivity (Wildman–Crippen MR) is 191 cm³/mol. The summed E-state index contributed by atoms with van der Waals surface area (Å²) in [6.07, 6.45) is 1.98. The Kier molecular flexibility index (Phi) is 7.90. The maximum absolute atomic E-state index is 14.8. The Balaban J connectivity index is 1.55. The molecule has 1 atom stereocenters. The molecule has 7 rings (SSSR count). The minimum atomic E-state index is -0.735. The van der Waals surface area contributed by atoms with Gasteiger partial charge in [0.05, 0.1) is 28.6 Å². The number of aromatic amines is 1. The lowest BCUT2D eigenvalue weighted by molar-refractivity contribution is -0.127. The first-order valence-corrected chi connectivity index (χ1v) is 16.7. The molecule has 0 aliphatic carbocycles. The third-order valence-corrected chi connectivity index (χ3v) is 10.1. The molecule has 1 amide bonds. The van der Waals surface area contributed by atoms with Gasteiger partial charge in [-0.1, -0.05) is 90.2 Å². The van der Waals surface area contributed by atoms with Crippen LogP contribution in [0.4, 0.5) is 0 Å². The van der Waals surface area contributed by atoms with Crippen molar-refractivity contribution in [2.24, 2.45) is 4.99 Å². The lowest BCUT2D eigenvalue weighted by atomic mass is 9.90. The van der Waals surface area contributed by atoms with E-state index in [4.69, 9.17) is 9.73 Å². The summed E-state index contributed by atoms with van der Waals surface area (Å²) in [7, 11) is 1.63. The second-order valence-electron chi connectivity index (χ2n) is 11.7. The van der Waals surface area contributed by atoms with Gasteiger partial charge < -0.3 is 14.6 Å². The Morgan fingerprint density at radius 2 is 1.68 bits per heavy atom. The van der Waals surface area contributed by atoms with E-state index < -0.39 is 6.04 Å². The maximum atomic E-state index is 14.8. The second-order valence-corrected chi connectivity index (χ2v) is 12.7. The summed E-state index contributed by atoms with van der Waals surface area (Å²) < 4.78 is 8.19. The largest absolute Gasteiger partial charge is 0.496 e. The highest BCUT2D eigenvalue weighted by Gasteiger charge is 2.36. The van der Waals surface area contributed by atoms with Crippen LogP contribution in [-0.2, 0) is 4.79 Å². The predicted octanol–water partition coefficient (Wildman–Crippen LogP) is 6.72. The average Bonchev–Trinajstić information content (AvgIpc) is 3.62. The zero-order valence-electron chi connectivity index (χ0n) is 27.1. The summed E-state index contributed by atoms with van der Waals surface area (Å²) in [5.74, 6) is 0.477. The number of rotatable bonds is 7. The van der Waals surface area contributed by atoms with Crippen LogP contribution >= 0.6 is 11.3 Å². The molecule has 0 spiro atoms. The molecule has 0 radical (unpaired) electrons. The molecule has 1 N–H and O–H groups in total. The fraction of sp³-hybridized carbons (Fsp3) is 0.205. The third kappa shape index (κ3) is 5.00. The van der Waals surface area contributed by atoms with Crippen LogP contribution in [0.15, 0.2) is 106 Å². The van der Waals surface area contributed by atoms with Crippen LogP contribution in [0.5, 0.6) is 5.75 Å². The van der Waals surface area contributed by atoms with Gasteiger partial charge in [-0.2, -0.15) is 0 Å². The molecule has 47 heavy (non-hydrogen) atoms. The number of hydrogen-bond acceptors (Lipinski definition) is 5. The van der Waals surface area contributed by atoms with Gasteiger partial charge >= 0.3 is 0 Å². The number of allylic oxidation sites excluding steroid dienone is 1. The number of methoxy groups -OCH3 is 1. The highest BCUT2D eigenvalue weighted by molar-refractivity contribution is 7.07. The van der Waals surface area contributed by atoms with Gasteiger partial charge in [0.2, 0.25) is 0 Å². The minimum Gasteiger partial charge on any atom is -0.496 e. The highest BCUT2D eigenvalue weighted by Crippen LogP contribution is 2.40. The lowest BCUT2D eigenvalue weighted by Crippen LogP contribution is -2.43. The zero-order valence-corrected chi connectivity index (χ0v) is 27.9. The van der Waals surface area contributed by atoms with Crippen molar-refractivity contribution in [1.82, 2.24) is 14.5 Å². The van der Waals surface area contributed by atoms with Crippen LogP contribution in [-0.4, -0.2) is 40.6 Å². The fourth-order valence-corrected chi connectivity index (χ4v) is 7.81. The molecule has 1 aliphatic rings. The standard InChI is InChI=1S/C39H36N4O3S/c1-6-42(7-2)38(45)32-24(4)40-39-43(36(32)33-27-18-12-11-15-25(27)20-21-30(33)46-5)37(44)31(47-39)22-29-28-19-13-14-23(3)34(28)41-35(29)26-16-9-8-10-17-26/h8-22,36,41H,6-7H2,1-5H3/b31-22+/t36-/m0/s1. The van der Waals surface area contributed by atoms with Crippen LogP contribution in [0.25, 0.3) is 39.0 Å². The molecule has 0 fully saturated rings. The molecular weight excluding hydrogens is 605 g/mol. The van der Waals surface area contributed by atoms with Gasteiger partial charge in [-0.05, 0) is 61.7 Å². The molecule has 1 aliphatic heterocycles. The maximum Gasteiger partial charge on any atom is 0.271 e. The van der Waals surface area contributed by atoms with Crippen molar-refractivity contribution in [2.45, 2.75) is 33.7 Å². The fourth-order valence-electron chi connectivity index (χ4n) is 6.78. The number of nitrogens with zero attached hydrogens (tertiary/aromatic N) is 3. The molecular formula is C39H36N4O3S. The summed E-state index contributed by atoms with van der Waals surface area (Å²) in [6.45, 7) is 8.96. The van der Waals surface area contributed by atoms with Gasteiger partial charge in [-0.25, -0.2) is 4.99 Å². The summed E-state index contributed by atoms with van der Waals surface area (Å²) in [6, 6.07) is 27.6. The number of carbonyl (C=O) groups excluding carboxylic acids is 1. The zero-order chi connectivity index (χ0) is 32.8. The van der Waals surface area contributed by atoms with E-state index in [9.17, 15) is 9.59 Å². The van der Waals surface area contributed by atoms with Crippen LogP contribution in [0, 0.1) is 6.92 Å². The van der Waals surface area contributed by atoms with E-state index in [1.807, 2.05) is 87.5 Å². The van der Waals surface area contributed by atoms with Gasteiger partial charge in [0.15, 0.2) is 4.80 Å². The minimum absolute atomic E-state index is 0.135. The van der Waals surface area contributed by atoms with Gasteiger partial charge in [0.1, 0.15) is 11.8 Å². The Labute approximate surface area is 276 Å². The molecule has 8 heteroatoms. The number of fused-ring (bicyclic) bond motifs is 3. The Hall–Kier alpha value is -5.21. The topological polar surface area (TPSA) is 79.7 Å². The second kappa shape index (κ2) is 12.2. The molecule has 0 saturated carbocycles. The highest BCUT2D eigenvalue weighted by atomic mass is 32.1. The molecule has 6 aromatic rings. The number of H-pyrrole nitrogens is 1. The summed E-state index contributed by atoms with van der Waals surface area (Å²) in [4.78, 5) is 40.0. The first kappa shape index (κ1) is 30.4. The molecule has 3 heterocycles. The Bertz CT molecular complexity index is 2390. The number of para-hydroxylation sites is 1. The van der Waals surface area contributed by atoms with Crippen LogP contribution in [0.3, 0.4) is 0 Å². The molecule has 0 saturated heterocycles. The van der Waals surface area contributed by atoms with Crippen molar-refractivity contribution in [2.75, 3.05) is 20.2 Å². The Morgan fingerprint density at radius 3 is 2.43 bits per heavy atom. The monoisotopic (exact) mass is 640 g/mol. The van der Waals surface area contributed by atoms with Crippen molar-refractivity contribution >= 4 is 45.0 Å². The van der Waals surface area contributed by atoms with Crippen LogP contribution in [0.2, 0.25) is 0 Å². The molecule has 4 aromatic carbocycles. The van der Waals surface area contributed by atoms with E-state index in [1.165, 1.54) is 11.3 Å². The van der Waals surface area contributed by atoms with Crippen molar-refractivity contribution in [1.29, 1.82) is 0 Å². The normalized spacial score (nSPS) is 14.8. The molecule has 236 valence electrons. The van der Waals surface area contributed by atoms with Crippen molar-refractivity contribution in [3.8, 4) is 17.0 Å². The SMILES string of the molecule is CCN(CC)C(=O)C1=C(C)N=c2s/c(=C/c3c(-c4ccccc4)[nH]c4c(C)cccc34)c(=O)n2[C@@H]1c1c(OC)ccc2ccccc12. The number of amides is 1. The number of aromatic nitrogens is 2. The lowest BCUT2D eigenvalue weighted by Gasteiger charge is -2.30. The van der Waals surface area contributed by atoms with E-state index in [-0.39, 0.29) is 11.5 Å². The summed E-state index contributed by atoms with van der Waals surface area (Å²) in [5.41, 5.74) is 6.73. The first-order chi connectivity index (χ1) is 22.9. The smallest absolute Gasteiger partial charge is 0.271 e. The number of ether oxygens (including phenoxy) is 1. The number of nitrogens with one attached hydrogen (secondary N) is 1. The number of likely N-dealkylation sites (N-methyl/N-ethyl adjacent to an activating group) is 1. The molecule has 0 unspecified atom stereocenters. The third-order valence-electron chi connectivity index (χ3n) is 9.15. The number of thiazole rings is 1. The van der Waals surface area contributed by atoms with Crippen LogP contribution in [0.1, 0.15) is 43.5 Å². The molecule has 7 nitrogen and oxygen atoms in total. The van der Waals surface area contributed by atoms with Gasteiger partial charge in [-0.15, -0.1) is 0 Å². The van der Waals surface area contributed by atoms with E-state index in [1.54, 1.807) is 16.6 Å². The summed E-state index contributed by atoms with van der Waals surface area (Å²) >= 11 is 1.35. The first-order valence-electron chi connectivity index (χ1n) is 15.9. The van der Waals surface area contributed by atoms with Crippen molar-refractivity contribution in [3.63, 3.8) is 0 Å². The number of hydrogen-bond donors (Lipinski definition) is 1. The molecule has 0 bridgehead atoms. The Morgan fingerprint density at radius 1 is 0.957 bits per heavy atom. The van der Waals surface area contributed by atoms with Crippen molar-refractivity contribution < 1.29 is 9.53 Å². The number of carbonyl (C=O) groups is 1. The van der Waals surface area contributed by atoms with E-state index in [2.05, 4.69) is 36.2 Å². The summed E-state index contributed by atoms with van der Waals surface area (Å²) in [5, 5.41) is 2.95. The van der Waals surface area contributed by atoms with E-state index >= 15 is 0 Å². The van der Waals surface area contributed by atoms with Gasteiger partial charge in [0, 0.05) is 35.1 Å². The van der Waals surface area contributed by atoms with E-state index in [0.717, 1.165) is 49.6 Å². The van der Waals surface area contributed by atoms with Crippen molar-refractivity contribution in [3.05, 3.63) is 133 Å². The number of aryl methyl sites for hydroxylation is 1. The van der Waals surface area contributed by atoms with Crippen LogP contribution < -0.4 is 19.6 Å².